The van der Waals surface area contributed by atoms with Crippen LogP contribution in [0.15, 0.2) is 53.7 Å². The summed E-state index contributed by atoms with van der Waals surface area (Å²) in [5.74, 6) is -3.42. The highest BCUT2D eigenvalue weighted by Gasteiger charge is 2.61. The minimum absolute atomic E-state index is 0.239. The molecule has 37 heavy (non-hydrogen) atoms. The quantitative estimate of drug-likeness (QED) is 0.149. The summed E-state index contributed by atoms with van der Waals surface area (Å²) in [6, 6.07) is 7.79. The topological polar surface area (TPSA) is 130 Å². The van der Waals surface area contributed by atoms with Crippen LogP contribution in [0.5, 0.6) is 0 Å². The van der Waals surface area contributed by atoms with Gasteiger partial charge in [-0.25, -0.2) is 9.78 Å². The van der Waals surface area contributed by atoms with Crippen LogP contribution in [0.25, 0.3) is 0 Å². The number of hydrazine groups is 1. The summed E-state index contributed by atoms with van der Waals surface area (Å²) in [5, 5.41) is 10.4. The number of benzene rings is 1. The molecule has 3 amide bonds. The number of ether oxygens (including phenoxy) is 1. The lowest BCUT2D eigenvalue weighted by Crippen LogP contribution is -2.61. The Morgan fingerprint density at radius 1 is 1.08 bits per heavy atom. The Kier molecular flexibility index (Phi) is 9.27. The van der Waals surface area contributed by atoms with Crippen molar-refractivity contribution in [3.63, 3.8) is 0 Å². The molecule has 0 saturated carbocycles. The summed E-state index contributed by atoms with van der Waals surface area (Å²) in [7, 11) is 0. The summed E-state index contributed by atoms with van der Waals surface area (Å²) in [6.07, 6.45) is -12.5. The molecule has 0 saturated heterocycles. The number of pyridine rings is 1. The first-order valence-corrected chi connectivity index (χ1v) is 10.7. The molecule has 2 aromatic rings. The Hall–Kier alpha value is -3.66. The molecule has 200 valence electrons. The van der Waals surface area contributed by atoms with E-state index in [1.165, 1.54) is 35.0 Å². The lowest BCUT2D eigenvalue weighted by atomic mass is 9.97. The van der Waals surface area contributed by atoms with E-state index in [1.54, 1.807) is 11.5 Å². The third-order valence-electron chi connectivity index (χ3n) is 4.61. The number of nitrogens with one attached hydrogen (secondary N) is 3. The van der Waals surface area contributed by atoms with Gasteiger partial charge >= 0.3 is 18.4 Å². The van der Waals surface area contributed by atoms with E-state index in [2.05, 4.69) is 27.5 Å². The van der Waals surface area contributed by atoms with E-state index in [0.717, 1.165) is 6.08 Å². The molecule has 0 radical (unpaired) electrons. The Morgan fingerprint density at radius 3 is 2.22 bits per heavy atom. The van der Waals surface area contributed by atoms with Crippen molar-refractivity contribution in [1.82, 2.24) is 15.8 Å². The zero-order valence-corrected chi connectivity index (χ0v) is 19.9. The van der Waals surface area contributed by atoms with Crippen molar-refractivity contribution in [3.05, 3.63) is 70.5 Å². The van der Waals surface area contributed by atoms with Gasteiger partial charge in [-0.2, -0.15) is 26.3 Å². The number of alkyl halides is 6. The fourth-order valence-electron chi connectivity index (χ4n) is 2.87. The van der Waals surface area contributed by atoms with Crippen molar-refractivity contribution in [3.8, 4) is 0 Å². The van der Waals surface area contributed by atoms with Gasteiger partial charge in [0.2, 0.25) is 5.60 Å². The maximum Gasteiger partial charge on any atom is 0.427 e. The van der Waals surface area contributed by atoms with E-state index in [9.17, 15) is 40.7 Å². The van der Waals surface area contributed by atoms with Gasteiger partial charge in [0.25, 0.3) is 11.8 Å². The van der Waals surface area contributed by atoms with E-state index in [0.29, 0.717) is 5.56 Å². The first-order chi connectivity index (χ1) is 17.1. The van der Waals surface area contributed by atoms with E-state index in [1.807, 2.05) is 0 Å². The van der Waals surface area contributed by atoms with Crippen LogP contribution in [0.4, 0.5) is 36.8 Å². The lowest BCUT2D eigenvalue weighted by Gasteiger charge is -2.33. The number of nitrogens with zero attached hydrogens (tertiary/aromatic N) is 1. The Labute approximate surface area is 213 Å². The second-order valence-electron chi connectivity index (χ2n) is 7.15. The number of carbonyl (C=O) groups is 3. The van der Waals surface area contributed by atoms with Crippen molar-refractivity contribution in [2.75, 3.05) is 5.32 Å². The van der Waals surface area contributed by atoms with E-state index >= 15 is 0 Å². The molecule has 2 rings (SSSR count). The van der Waals surface area contributed by atoms with Crippen molar-refractivity contribution >= 4 is 39.5 Å². The number of hydrogen-bond donors (Lipinski definition) is 4. The molecular formula is C21H17BrF6N4O5. The predicted molar refractivity (Wildman–Crippen MR) is 119 cm³/mol. The first-order valence-electron chi connectivity index (χ1n) is 9.86. The zero-order chi connectivity index (χ0) is 28.0. The summed E-state index contributed by atoms with van der Waals surface area (Å²) < 4.78 is 85.5. The Balaban J connectivity index is 2.35. The third-order valence-corrected chi connectivity index (χ3v) is 5.22. The van der Waals surface area contributed by atoms with Gasteiger partial charge in [0.1, 0.15) is 4.60 Å². The van der Waals surface area contributed by atoms with E-state index in [4.69, 9.17) is 9.84 Å². The summed E-state index contributed by atoms with van der Waals surface area (Å²) in [4.78, 5) is 39.5. The fraction of sp³-hybridized carbons (Fsp3) is 0.238. The smallest absolute Gasteiger partial charge is 0.427 e. The molecule has 4 N–H and O–H groups in total. The standard InChI is InChI=1S/C21H17BrF6N4O5/c1-2-8-19(21(26,27)28,37-10-11-6-4-3-5-7-11)17(34)32-31-16(33)14-13(29-18(35)36)9-12(15(22)30-14)20(23,24)25/h2-7,9,29H,1,8,10H2,(H,31,33)(H,32,34)(H,35,36)/t19-/m1/s1. The second-order valence-corrected chi connectivity index (χ2v) is 7.90. The second kappa shape index (κ2) is 11.6. The van der Waals surface area contributed by atoms with Crippen molar-refractivity contribution < 1.29 is 50.6 Å². The molecular weight excluding hydrogens is 582 g/mol. The van der Waals surface area contributed by atoms with Crippen molar-refractivity contribution in [1.29, 1.82) is 0 Å². The van der Waals surface area contributed by atoms with Gasteiger partial charge in [0, 0.05) is 6.42 Å². The highest BCUT2D eigenvalue weighted by molar-refractivity contribution is 9.10. The lowest BCUT2D eigenvalue weighted by molar-refractivity contribution is -0.270. The fourth-order valence-corrected chi connectivity index (χ4v) is 3.39. The van der Waals surface area contributed by atoms with Gasteiger partial charge in [-0.15, -0.1) is 6.58 Å². The number of rotatable bonds is 8. The molecule has 9 nitrogen and oxygen atoms in total. The highest BCUT2D eigenvalue weighted by Crippen LogP contribution is 2.38. The monoisotopic (exact) mass is 598 g/mol. The average Bonchev–Trinajstić information content (AvgIpc) is 2.79. The van der Waals surface area contributed by atoms with Crippen LogP contribution in [-0.2, 0) is 22.3 Å². The van der Waals surface area contributed by atoms with Crippen LogP contribution >= 0.6 is 15.9 Å². The molecule has 1 aromatic carbocycles. The average molecular weight is 599 g/mol. The SMILES string of the molecule is C=CC[C@@](OCc1ccccc1)(C(=O)NNC(=O)c1nc(Br)c(C(F)(F)F)cc1NC(=O)O)C(F)(F)F. The van der Waals surface area contributed by atoms with Crippen LogP contribution in [0.1, 0.15) is 28.0 Å². The third kappa shape index (κ3) is 7.19. The number of aromatic nitrogens is 1. The highest BCUT2D eigenvalue weighted by atomic mass is 79.9. The molecule has 0 spiro atoms. The number of amides is 3. The van der Waals surface area contributed by atoms with Crippen LogP contribution < -0.4 is 16.2 Å². The minimum atomic E-state index is -5.31. The van der Waals surface area contributed by atoms with Gasteiger partial charge in [0.05, 0.1) is 17.9 Å². The van der Waals surface area contributed by atoms with Crippen LogP contribution in [0, 0.1) is 0 Å². The largest absolute Gasteiger partial charge is 0.465 e. The summed E-state index contributed by atoms with van der Waals surface area (Å²) >= 11 is 2.50. The molecule has 0 fully saturated rings. The maximum absolute atomic E-state index is 14.0. The van der Waals surface area contributed by atoms with E-state index < -0.39 is 70.4 Å². The number of carboxylic acid groups (broad SMARTS) is 1. The molecule has 16 heteroatoms. The minimum Gasteiger partial charge on any atom is -0.465 e. The molecule has 0 aliphatic heterocycles. The van der Waals surface area contributed by atoms with Gasteiger partial charge in [-0.05, 0) is 27.6 Å². The number of carbonyl (C=O) groups excluding carboxylic acids is 2. The van der Waals surface area contributed by atoms with Gasteiger partial charge in [-0.3, -0.25) is 25.8 Å². The van der Waals surface area contributed by atoms with E-state index in [-0.39, 0.29) is 6.07 Å². The summed E-state index contributed by atoms with van der Waals surface area (Å²) in [6.45, 7) is 2.54. The van der Waals surface area contributed by atoms with Crippen LogP contribution in [0.2, 0.25) is 0 Å². The Bertz CT molecular complexity index is 1180. The predicted octanol–water partition coefficient (Wildman–Crippen LogP) is 4.81. The molecule has 1 atom stereocenters. The maximum atomic E-state index is 14.0. The number of halogens is 7. The normalized spacial score (nSPS) is 13.3. The number of hydrogen-bond acceptors (Lipinski definition) is 5. The number of anilines is 1. The Morgan fingerprint density at radius 2 is 1.70 bits per heavy atom. The van der Waals surface area contributed by atoms with Gasteiger partial charge in [0.15, 0.2) is 5.69 Å². The van der Waals surface area contributed by atoms with Crippen LogP contribution in [0.3, 0.4) is 0 Å². The zero-order valence-electron chi connectivity index (χ0n) is 18.3. The summed E-state index contributed by atoms with van der Waals surface area (Å²) in [5.41, 5.74) is -3.53. The van der Waals surface area contributed by atoms with Crippen molar-refractivity contribution in [2.24, 2.45) is 0 Å². The molecule has 0 bridgehead atoms. The van der Waals surface area contributed by atoms with Gasteiger partial charge < -0.3 is 9.84 Å². The van der Waals surface area contributed by atoms with Crippen LogP contribution in [-0.4, -0.2) is 39.8 Å². The van der Waals surface area contributed by atoms with Crippen molar-refractivity contribution in [2.45, 2.75) is 31.0 Å². The first kappa shape index (κ1) is 29.6. The molecule has 1 aromatic heterocycles. The van der Waals surface area contributed by atoms with Gasteiger partial charge in [-0.1, -0.05) is 36.4 Å². The molecule has 0 unspecified atom stereocenters. The molecule has 0 aliphatic rings. The molecule has 1 heterocycles. The molecule has 0 aliphatic carbocycles.